The lowest BCUT2D eigenvalue weighted by molar-refractivity contribution is 0.0952. The molecular weight excluding hydrogens is 558 g/mol. The van der Waals surface area contributed by atoms with Crippen molar-refractivity contribution >= 4 is 40.9 Å². The highest BCUT2D eigenvalue weighted by Gasteiger charge is 2.26. The first-order valence-corrected chi connectivity index (χ1v) is 14.9. The molecule has 0 spiro atoms. The van der Waals surface area contributed by atoms with Gasteiger partial charge in [-0.2, -0.15) is 20.1 Å². The molecule has 2 saturated heterocycles. The van der Waals surface area contributed by atoms with Gasteiger partial charge in [0.15, 0.2) is 5.65 Å². The first-order valence-electron chi connectivity index (χ1n) is 14.9. The third kappa shape index (κ3) is 6.25. The number of hydrogen-bond acceptors (Lipinski definition) is 8. The van der Waals surface area contributed by atoms with E-state index >= 15 is 4.39 Å². The van der Waals surface area contributed by atoms with E-state index < -0.39 is 17.0 Å². The predicted molar refractivity (Wildman–Crippen MR) is 167 cm³/mol. The van der Waals surface area contributed by atoms with E-state index in [9.17, 15) is 4.79 Å². The summed E-state index contributed by atoms with van der Waals surface area (Å²) >= 11 is 0. The molecule has 2 fully saturated rings. The van der Waals surface area contributed by atoms with Crippen molar-refractivity contribution in [3.8, 4) is 22.4 Å². The molecule has 0 bridgehead atoms. The highest BCUT2D eigenvalue weighted by Crippen LogP contribution is 2.34. The Labute approximate surface area is 259 Å². The fraction of sp³-hybridized carbons (Fsp3) is 0.483. The van der Waals surface area contributed by atoms with Crippen molar-refractivity contribution in [2.45, 2.75) is 63.4 Å². The number of nitrogens with zero attached hydrogens (tertiary/aromatic N) is 7. The highest BCUT2D eigenvalue weighted by molar-refractivity contribution is 6.60. The number of anilines is 1. The Morgan fingerprint density at radius 2 is 1.86 bits per heavy atom. The topological polar surface area (TPSA) is 114 Å². The van der Waals surface area contributed by atoms with Crippen molar-refractivity contribution in [2.75, 3.05) is 31.6 Å². The largest absolute Gasteiger partial charge is 0.379 e. The number of halogens is 1. The molecule has 3 aromatic heterocycles. The lowest BCUT2D eigenvalue weighted by atomic mass is 9.49. The van der Waals surface area contributed by atoms with E-state index in [1.807, 2.05) is 11.0 Å². The standard InChI is InChI=1S/C29H33B3FN9O2/c1-16(2)40-7-4-20(5-8-40)42-35-13-24(39-42)23-14-41-27(37-26(23)36-19-6-9-44-15-19)22(12-34-41)21-11-18(10-17(3)25(21)33)28(43)38-29(30,31)32/h10-14,16,19-20H,4-9,15H2,1-3H3,(H,36,37)(H,38,43)/t19-/m0/s1. The smallest absolute Gasteiger partial charge is 0.249 e. The second-order valence-electron chi connectivity index (χ2n) is 12.0. The average molecular weight is 591 g/mol. The van der Waals surface area contributed by atoms with Gasteiger partial charge in [0.05, 0.1) is 60.2 Å². The van der Waals surface area contributed by atoms with Crippen LogP contribution in [0.3, 0.4) is 0 Å². The van der Waals surface area contributed by atoms with Crippen LogP contribution in [0.2, 0.25) is 0 Å². The summed E-state index contributed by atoms with van der Waals surface area (Å²) in [6.07, 6.45) is 7.84. The molecule has 6 radical (unpaired) electrons. The molecule has 4 aromatic rings. The van der Waals surface area contributed by atoms with Crippen molar-refractivity contribution < 1.29 is 13.9 Å². The molecule has 1 amide bonds. The van der Waals surface area contributed by atoms with Crippen LogP contribution in [0.15, 0.2) is 30.7 Å². The van der Waals surface area contributed by atoms with Crippen molar-refractivity contribution in [1.29, 1.82) is 0 Å². The zero-order valence-corrected chi connectivity index (χ0v) is 25.1. The van der Waals surface area contributed by atoms with E-state index in [2.05, 4.69) is 39.6 Å². The van der Waals surface area contributed by atoms with Crippen LogP contribution in [0.4, 0.5) is 10.2 Å². The van der Waals surface area contributed by atoms with Crippen molar-refractivity contribution in [1.82, 2.24) is 39.8 Å². The molecule has 2 aliphatic rings. The molecule has 2 N–H and O–H groups in total. The lowest BCUT2D eigenvalue weighted by Crippen LogP contribution is -2.50. The van der Waals surface area contributed by atoms with E-state index in [1.54, 1.807) is 17.6 Å². The van der Waals surface area contributed by atoms with E-state index in [-0.39, 0.29) is 28.8 Å². The van der Waals surface area contributed by atoms with Crippen LogP contribution in [0.25, 0.3) is 28.0 Å². The van der Waals surface area contributed by atoms with E-state index in [0.717, 1.165) is 32.4 Å². The number of ether oxygens (including phenoxy) is 1. The maximum Gasteiger partial charge on any atom is 0.249 e. The van der Waals surface area contributed by atoms with Crippen LogP contribution < -0.4 is 10.6 Å². The maximum atomic E-state index is 15.6. The summed E-state index contributed by atoms with van der Waals surface area (Å²) in [4.78, 5) is 22.0. The molecule has 0 saturated carbocycles. The molecule has 1 aromatic carbocycles. The maximum absolute atomic E-state index is 15.6. The van der Waals surface area contributed by atoms with Gasteiger partial charge in [0.1, 0.15) is 17.3 Å². The Morgan fingerprint density at radius 1 is 1.09 bits per heavy atom. The summed E-state index contributed by atoms with van der Waals surface area (Å²) in [5.41, 5.74) is 2.69. The minimum atomic E-state index is -1.93. The molecule has 0 unspecified atom stereocenters. The first-order chi connectivity index (χ1) is 21.0. The Kier molecular flexibility index (Phi) is 8.27. The average Bonchev–Trinajstić information content (AvgIpc) is 3.75. The van der Waals surface area contributed by atoms with Crippen molar-refractivity contribution in [2.24, 2.45) is 0 Å². The van der Waals surface area contributed by atoms with Crippen LogP contribution in [-0.4, -0.2) is 108 Å². The van der Waals surface area contributed by atoms with Gasteiger partial charge in [-0.25, -0.2) is 13.9 Å². The second-order valence-corrected chi connectivity index (χ2v) is 12.0. The quantitative estimate of drug-likeness (QED) is 0.300. The normalized spacial score (nSPS) is 18.3. The summed E-state index contributed by atoms with van der Waals surface area (Å²) in [5, 5.41) is 17.9. The molecule has 15 heteroatoms. The lowest BCUT2D eigenvalue weighted by Gasteiger charge is -2.34. The van der Waals surface area contributed by atoms with E-state index in [1.165, 1.54) is 18.3 Å². The van der Waals surface area contributed by atoms with Crippen LogP contribution >= 0.6 is 0 Å². The van der Waals surface area contributed by atoms with E-state index in [4.69, 9.17) is 38.4 Å². The van der Waals surface area contributed by atoms with Crippen LogP contribution in [0, 0.1) is 12.7 Å². The van der Waals surface area contributed by atoms with Gasteiger partial charge >= 0.3 is 0 Å². The van der Waals surface area contributed by atoms with Crippen LogP contribution in [0.1, 0.15) is 55.1 Å². The molecule has 5 heterocycles. The highest BCUT2D eigenvalue weighted by atomic mass is 19.1. The summed E-state index contributed by atoms with van der Waals surface area (Å²) in [5.74, 6) is -0.594. The minimum Gasteiger partial charge on any atom is -0.379 e. The van der Waals surface area contributed by atoms with Gasteiger partial charge in [-0.15, -0.1) is 0 Å². The molecule has 11 nitrogen and oxygen atoms in total. The molecular formula is C29H33B3FN9O2. The first kappa shape index (κ1) is 30.3. The van der Waals surface area contributed by atoms with E-state index in [0.29, 0.717) is 47.5 Å². The Hall–Kier alpha value is -3.71. The zero-order valence-electron chi connectivity index (χ0n) is 25.1. The fourth-order valence-electron chi connectivity index (χ4n) is 5.81. The number of rotatable bonds is 8. The number of benzene rings is 1. The summed E-state index contributed by atoms with van der Waals surface area (Å²) in [6.45, 7) is 9.19. The van der Waals surface area contributed by atoms with Gasteiger partial charge in [0.2, 0.25) is 5.91 Å². The number of carbonyl (C=O) groups excluding carboxylic acids is 1. The Morgan fingerprint density at radius 3 is 2.55 bits per heavy atom. The molecule has 44 heavy (non-hydrogen) atoms. The number of piperidine rings is 1. The monoisotopic (exact) mass is 591 g/mol. The molecule has 2 aliphatic heterocycles. The minimum absolute atomic E-state index is 0.0422. The Bertz CT molecular complexity index is 1670. The van der Waals surface area contributed by atoms with Gasteiger partial charge in [-0.3, -0.25) is 4.79 Å². The molecule has 6 rings (SSSR count). The number of aryl methyl sites for hydroxylation is 1. The zero-order chi connectivity index (χ0) is 31.2. The van der Waals surface area contributed by atoms with Crippen LogP contribution in [0.5, 0.6) is 0 Å². The van der Waals surface area contributed by atoms with Crippen molar-refractivity contribution in [3.63, 3.8) is 0 Å². The van der Waals surface area contributed by atoms with Gasteiger partial charge in [0.25, 0.3) is 0 Å². The molecule has 0 aliphatic carbocycles. The third-order valence-corrected chi connectivity index (χ3v) is 8.24. The number of fused-ring (bicyclic) bond motifs is 1. The summed E-state index contributed by atoms with van der Waals surface area (Å²) in [6, 6.07) is 3.58. The van der Waals surface area contributed by atoms with Crippen LogP contribution in [-0.2, 0) is 4.74 Å². The van der Waals surface area contributed by atoms with Gasteiger partial charge < -0.3 is 20.3 Å². The number of carbonyl (C=O) groups is 1. The number of amides is 1. The summed E-state index contributed by atoms with van der Waals surface area (Å²) in [7, 11) is 16.7. The number of aromatic nitrogens is 6. The Balaban J connectivity index is 1.38. The fourth-order valence-corrected chi connectivity index (χ4v) is 5.81. The number of nitrogens with one attached hydrogen (secondary N) is 2. The van der Waals surface area contributed by atoms with Crippen molar-refractivity contribution in [3.05, 3.63) is 47.7 Å². The molecule has 222 valence electrons. The van der Waals surface area contributed by atoms with Gasteiger partial charge in [-0.05, 0) is 57.7 Å². The second kappa shape index (κ2) is 12.0. The van der Waals surface area contributed by atoms with Gasteiger partial charge in [0, 0.05) is 48.6 Å². The predicted octanol–water partition coefficient (Wildman–Crippen LogP) is 2.20. The van der Waals surface area contributed by atoms with Gasteiger partial charge in [-0.1, -0.05) is 5.24 Å². The number of likely N-dealkylation sites (tertiary alicyclic amines) is 1. The number of hydrogen-bond donors (Lipinski definition) is 2. The summed E-state index contributed by atoms with van der Waals surface area (Å²) < 4.78 is 22.7. The third-order valence-electron chi connectivity index (χ3n) is 8.24. The molecule has 1 atom stereocenters. The SMILES string of the molecule is [B]C([B])([B])NC(=O)c1cc(C)c(F)c(-c2cnn3cc(-c4cnn(C5CCN(C(C)C)CC5)n4)c(N[C@H]4CCOC4)nc23)c1.